The fourth-order valence-electron chi connectivity index (χ4n) is 1.74. The maximum Gasteiger partial charge on any atom is 0.337 e. The third-order valence-corrected chi connectivity index (χ3v) is 2.84. The van der Waals surface area contributed by atoms with Gasteiger partial charge in [0.15, 0.2) is 0 Å². The Hall–Kier alpha value is -2.50. The van der Waals surface area contributed by atoms with Gasteiger partial charge in [0.25, 0.3) is 0 Å². The van der Waals surface area contributed by atoms with Gasteiger partial charge in [-0.25, -0.2) is 4.79 Å². The molecule has 0 aliphatic rings. The Morgan fingerprint density at radius 3 is 2.85 bits per heavy atom. The number of anilines is 1. The number of nitrogens with two attached hydrogens (primary N) is 1. The summed E-state index contributed by atoms with van der Waals surface area (Å²) >= 11 is 0. The lowest BCUT2D eigenvalue weighted by Crippen LogP contribution is -2.04. The van der Waals surface area contributed by atoms with Gasteiger partial charge in [-0.3, -0.25) is 4.68 Å². The van der Waals surface area contributed by atoms with Crippen LogP contribution in [0.4, 0.5) is 5.69 Å². The summed E-state index contributed by atoms with van der Waals surface area (Å²) in [7, 11) is 1.33. The molecular weight excluding hydrogens is 258 g/mol. The van der Waals surface area contributed by atoms with Crippen molar-refractivity contribution < 1.29 is 14.3 Å². The molecule has 0 spiro atoms. The summed E-state index contributed by atoms with van der Waals surface area (Å²) in [5.41, 5.74) is 7.62. The molecule has 20 heavy (non-hydrogen) atoms. The van der Waals surface area contributed by atoms with Crippen molar-refractivity contribution in [3.63, 3.8) is 0 Å². The number of aryl methyl sites for hydroxylation is 1. The Bertz CT molecular complexity index is 607. The highest BCUT2D eigenvalue weighted by molar-refractivity contribution is 5.90. The average Bonchev–Trinajstić information content (AvgIpc) is 2.93. The first-order chi connectivity index (χ1) is 9.63. The highest BCUT2D eigenvalue weighted by Crippen LogP contribution is 2.23. The largest absolute Gasteiger partial charge is 0.487 e. The number of hydrogen-bond donors (Lipinski definition) is 1. The normalized spacial score (nSPS) is 10.3. The fourth-order valence-corrected chi connectivity index (χ4v) is 1.74. The Labute approximate surface area is 117 Å². The van der Waals surface area contributed by atoms with Crippen LogP contribution in [-0.2, 0) is 17.9 Å². The van der Waals surface area contributed by atoms with Crippen molar-refractivity contribution in [3.05, 3.63) is 41.7 Å². The first-order valence-corrected chi connectivity index (χ1v) is 6.26. The molecule has 2 N–H and O–H groups in total. The van der Waals surface area contributed by atoms with E-state index in [1.54, 1.807) is 18.3 Å². The van der Waals surface area contributed by atoms with E-state index in [-0.39, 0.29) is 0 Å². The zero-order chi connectivity index (χ0) is 14.5. The quantitative estimate of drug-likeness (QED) is 0.665. The van der Waals surface area contributed by atoms with E-state index < -0.39 is 5.97 Å². The lowest BCUT2D eigenvalue weighted by Gasteiger charge is -2.09. The van der Waals surface area contributed by atoms with Crippen molar-refractivity contribution in [2.45, 2.75) is 20.1 Å². The van der Waals surface area contributed by atoms with Gasteiger partial charge < -0.3 is 15.2 Å². The summed E-state index contributed by atoms with van der Waals surface area (Å²) in [5, 5.41) is 4.16. The van der Waals surface area contributed by atoms with Gasteiger partial charge in [-0.1, -0.05) is 0 Å². The maximum absolute atomic E-state index is 11.4. The van der Waals surface area contributed by atoms with Crippen LogP contribution in [0.15, 0.2) is 30.6 Å². The molecule has 1 aromatic carbocycles. The van der Waals surface area contributed by atoms with E-state index in [0.29, 0.717) is 23.6 Å². The zero-order valence-corrected chi connectivity index (χ0v) is 11.5. The number of nitrogen functional groups attached to an aromatic ring is 1. The molecular formula is C14H17N3O3. The van der Waals surface area contributed by atoms with Crippen molar-refractivity contribution in [2.24, 2.45) is 0 Å². The first-order valence-electron chi connectivity index (χ1n) is 6.26. The second-order valence-corrected chi connectivity index (χ2v) is 4.24. The van der Waals surface area contributed by atoms with Gasteiger partial charge in [-0.15, -0.1) is 0 Å². The number of hydrogen-bond acceptors (Lipinski definition) is 5. The summed E-state index contributed by atoms with van der Waals surface area (Å²) in [5.74, 6) is 0.106. The van der Waals surface area contributed by atoms with Crippen LogP contribution in [-0.4, -0.2) is 22.9 Å². The van der Waals surface area contributed by atoms with Gasteiger partial charge in [-0.05, 0) is 25.1 Å². The van der Waals surface area contributed by atoms with E-state index in [9.17, 15) is 4.79 Å². The smallest absolute Gasteiger partial charge is 0.337 e. The number of esters is 1. The molecule has 0 saturated carbocycles. The molecule has 6 heteroatoms. The minimum Gasteiger partial charge on any atom is -0.487 e. The average molecular weight is 275 g/mol. The van der Waals surface area contributed by atoms with Crippen LogP contribution in [0.1, 0.15) is 22.8 Å². The van der Waals surface area contributed by atoms with Crippen LogP contribution in [0.2, 0.25) is 0 Å². The molecule has 0 aliphatic carbocycles. The summed E-state index contributed by atoms with van der Waals surface area (Å²) < 4.78 is 12.1. The molecule has 0 unspecified atom stereocenters. The van der Waals surface area contributed by atoms with Gasteiger partial charge in [0.05, 0.1) is 24.6 Å². The van der Waals surface area contributed by atoms with Crippen LogP contribution < -0.4 is 10.5 Å². The van der Waals surface area contributed by atoms with E-state index in [4.69, 9.17) is 10.5 Å². The molecule has 2 aromatic rings. The predicted octanol–water partition coefficient (Wildman–Crippen LogP) is 1.85. The number of methoxy groups -OCH3 is 1. The molecule has 106 valence electrons. The summed E-state index contributed by atoms with van der Waals surface area (Å²) in [4.78, 5) is 11.4. The molecule has 0 aliphatic heterocycles. The molecule has 1 heterocycles. The van der Waals surface area contributed by atoms with Crippen molar-refractivity contribution in [1.82, 2.24) is 9.78 Å². The molecule has 0 bridgehead atoms. The topological polar surface area (TPSA) is 79.4 Å². The van der Waals surface area contributed by atoms with E-state index in [2.05, 4.69) is 9.84 Å². The molecule has 0 radical (unpaired) electrons. The van der Waals surface area contributed by atoms with Crippen LogP contribution in [0.3, 0.4) is 0 Å². The van der Waals surface area contributed by atoms with Crippen molar-refractivity contribution in [1.29, 1.82) is 0 Å². The second kappa shape index (κ2) is 6.10. The standard InChI is InChI=1S/C14H17N3O3/c1-3-17-8-10(7-16-17)9-20-13-5-4-11(6-12(13)15)14(18)19-2/h4-8H,3,9,15H2,1-2H3. The third-order valence-electron chi connectivity index (χ3n) is 2.84. The van der Waals surface area contributed by atoms with Crippen LogP contribution >= 0.6 is 0 Å². The van der Waals surface area contributed by atoms with Gasteiger partial charge in [0, 0.05) is 18.3 Å². The molecule has 0 atom stereocenters. The van der Waals surface area contributed by atoms with E-state index in [1.165, 1.54) is 13.2 Å². The van der Waals surface area contributed by atoms with Crippen molar-refractivity contribution >= 4 is 11.7 Å². The summed E-state index contributed by atoms with van der Waals surface area (Å²) in [6.07, 6.45) is 3.67. The van der Waals surface area contributed by atoms with E-state index >= 15 is 0 Å². The number of benzene rings is 1. The lowest BCUT2D eigenvalue weighted by molar-refractivity contribution is 0.0600. The van der Waals surface area contributed by atoms with Gasteiger partial charge in [-0.2, -0.15) is 5.10 Å². The van der Waals surface area contributed by atoms with Gasteiger partial charge >= 0.3 is 5.97 Å². The monoisotopic (exact) mass is 275 g/mol. The predicted molar refractivity (Wildman–Crippen MR) is 74.4 cm³/mol. The lowest BCUT2D eigenvalue weighted by atomic mass is 10.2. The van der Waals surface area contributed by atoms with Gasteiger partial charge in [0.2, 0.25) is 0 Å². The molecule has 1 aromatic heterocycles. The molecule has 6 nitrogen and oxygen atoms in total. The molecule has 2 rings (SSSR count). The fraction of sp³-hybridized carbons (Fsp3) is 0.286. The number of aromatic nitrogens is 2. The SMILES string of the molecule is CCn1cc(COc2ccc(C(=O)OC)cc2N)cn1. The highest BCUT2D eigenvalue weighted by Gasteiger charge is 2.09. The Kier molecular flexibility index (Phi) is 4.24. The van der Waals surface area contributed by atoms with Crippen molar-refractivity contribution in [3.8, 4) is 5.75 Å². The number of ether oxygens (including phenoxy) is 2. The summed E-state index contributed by atoms with van der Waals surface area (Å²) in [6, 6.07) is 4.81. The van der Waals surface area contributed by atoms with Crippen molar-refractivity contribution in [2.75, 3.05) is 12.8 Å². The number of nitrogens with zero attached hydrogens (tertiary/aromatic N) is 2. The number of rotatable bonds is 5. The highest BCUT2D eigenvalue weighted by atomic mass is 16.5. The first kappa shape index (κ1) is 13.9. The molecule has 0 saturated heterocycles. The Morgan fingerprint density at radius 2 is 2.25 bits per heavy atom. The maximum atomic E-state index is 11.4. The molecule has 0 fully saturated rings. The minimum atomic E-state index is -0.424. The van der Waals surface area contributed by atoms with E-state index in [1.807, 2.05) is 17.8 Å². The third kappa shape index (κ3) is 3.09. The Balaban J connectivity index is 2.04. The number of carbonyl (C=O) groups is 1. The van der Waals surface area contributed by atoms with Gasteiger partial charge in [0.1, 0.15) is 12.4 Å². The summed E-state index contributed by atoms with van der Waals surface area (Å²) in [6.45, 7) is 3.21. The second-order valence-electron chi connectivity index (χ2n) is 4.24. The van der Waals surface area contributed by atoms with E-state index in [0.717, 1.165) is 12.1 Å². The van der Waals surface area contributed by atoms with Crippen LogP contribution in [0, 0.1) is 0 Å². The zero-order valence-electron chi connectivity index (χ0n) is 11.5. The minimum absolute atomic E-state index is 0.377. The van der Waals surface area contributed by atoms with Crippen LogP contribution in [0.25, 0.3) is 0 Å². The van der Waals surface area contributed by atoms with Crippen LogP contribution in [0.5, 0.6) is 5.75 Å². The molecule has 0 amide bonds. The Morgan fingerprint density at radius 1 is 1.45 bits per heavy atom. The number of carbonyl (C=O) groups excluding carboxylic acids is 1.